The summed E-state index contributed by atoms with van der Waals surface area (Å²) in [7, 11) is 0. The second kappa shape index (κ2) is 5.34. The molecule has 1 aromatic heterocycles. The van der Waals surface area contributed by atoms with Gasteiger partial charge in [0.1, 0.15) is 0 Å². The van der Waals surface area contributed by atoms with Crippen LogP contribution in [0.4, 0.5) is 0 Å². The van der Waals surface area contributed by atoms with E-state index < -0.39 is 0 Å². The van der Waals surface area contributed by atoms with Gasteiger partial charge in [0, 0.05) is 16.6 Å². The first-order valence-corrected chi connectivity index (χ1v) is 5.64. The summed E-state index contributed by atoms with van der Waals surface area (Å²) < 4.78 is 0. The lowest BCUT2D eigenvalue weighted by molar-refractivity contribution is 1.33. The lowest BCUT2D eigenvalue weighted by Gasteiger charge is -2.02. The van der Waals surface area contributed by atoms with Gasteiger partial charge in [-0.1, -0.05) is 37.0 Å². The number of aryl methyl sites for hydroxylation is 1. The number of benzene rings is 1. The lowest BCUT2D eigenvalue weighted by atomic mass is 10.2. The van der Waals surface area contributed by atoms with E-state index in [9.17, 15) is 0 Å². The van der Waals surface area contributed by atoms with Crippen LogP contribution in [0.3, 0.4) is 0 Å². The minimum Gasteiger partial charge on any atom is -0.256 e. The van der Waals surface area contributed by atoms with Crippen molar-refractivity contribution in [3.63, 3.8) is 0 Å². The molecule has 15 heavy (non-hydrogen) atoms. The van der Waals surface area contributed by atoms with Gasteiger partial charge < -0.3 is 0 Å². The van der Waals surface area contributed by atoms with Crippen molar-refractivity contribution in [3.05, 3.63) is 40.0 Å². The second-order valence-electron chi connectivity index (χ2n) is 2.92. The van der Waals surface area contributed by atoms with Crippen molar-refractivity contribution in [1.29, 1.82) is 0 Å². The summed E-state index contributed by atoms with van der Waals surface area (Å²) in [5.74, 6) is 0. The van der Waals surface area contributed by atoms with Crippen molar-refractivity contribution in [3.8, 4) is 0 Å². The molecule has 0 radical (unpaired) electrons. The summed E-state index contributed by atoms with van der Waals surface area (Å²) in [6.45, 7) is 5.93. The Hall–Kier alpha value is -0.790. The summed E-state index contributed by atoms with van der Waals surface area (Å²) in [5, 5.41) is 2.38. The molecule has 0 spiro atoms. The van der Waals surface area contributed by atoms with E-state index in [1.807, 2.05) is 39.0 Å². The Morgan fingerprint density at radius 3 is 2.47 bits per heavy atom. The fraction of sp³-hybridized carbons (Fsp3) is 0.250. The van der Waals surface area contributed by atoms with Crippen molar-refractivity contribution in [2.45, 2.75) is 20.8 Å². The van der Waals surface area contributed by atoms with Crippen LogP contribution in [0.25, 0.3) is 10.9 Å². The number of halogens is 2. The van der Waals surface area contributed by atoms with Crippen LogP contribution >= 0.6 is 23.2 Å². The number of fused-ring (bicyclic) bond motifs is 1. The zero-order valence-corrected chi connectivity index (χ0v) is 10.5. The van der Waals surface area contributed by atoms with Gasteiger partial charge in [0.25, 0.3) is 0 Å². The van der Waals surface area contributed by atoms with Crippen molar-refractivity contribution in [2.75, 3.05) is 0 Å². The van der Waals surface area contributed by atoms with E-state index in [0.29, 0.717) is 5.02 Å². The number of nitrogens with zero attached hydrogens (tertiary/aromatic N) is 1. The molecule has 0 N–H and O–H groups in total. The first-order valence-electron chi connectivity index (χ1n) is 4.89. The molecule has 0 saturated heterocycles. The number of rotatable bonds is 0. The fourth-order valence-electron chi connectivity index (χ4n) is 1.23. The molecule has 0 saturated carbocycles. The average molecular weight is 242 g/mol. The highest BCUT2D eigenvalue weighted by atomic mass is 35.5. The summed E-state index contributed by atoms with van der Waals surface area (Å²) in [5.41, 5.74) is 1.82. The molecule has 1 aromatic carbocycles. The molecule has 0 bridgehead atoms. The fourth-order valence-corrected chi connectivity index (χ4v) is 1.61. The third-order valence-electron chi connectivity index (χ3n) is 1.94. The maximum atomic E-state index is 6.10. The Labute approximate surface area is 100 Å². The van der Waals surface area contributed by atoms with Gasteiger partial charge in [0.2, 0.25) is 0 Å². The van der Waals surface area contributed by atoms with Crippen LogP contribution in [0.1, 0.15) is 19.4 Å². The molecule has 0 amide bonds. The van der Waals surface area contributed by atoms with Gasteiger partial charge in [-0.05, 0) is 30.7 Å². The Kier molecular flexibility index (Phi) is 4.37. The predicted octanol–water partition coefficient (Wildman–Crippen LogP) is 4.88. The standard InChI is InChI=1S/C10H7Cl2N.C2H6/c1-6-5-13-9-4-7(11)2-3-8(9)10(6)12;1-2/h2-5H,1H3;1-2H3. The molecule has 0 atom stereocenters. The first-order chi connectivity index (χ1) is 7.18. The first kappa shape index (κ1) is 12.3. The maximum absolute atomic E-state index is 6.10. The van der Waals surface area contributed by atoms with E-state index in [1.54, 1.807) is 6.20 Å². The average Bonchev–Trinajstić information content (AvgIpc) is 2.26. The Balaban J connectivity index is 0.000000531. The topological polar surface area (TPSA) is 12.9 Å². The summed E-state index contributed by atoms with van der Waals surface area (Å²) >= 11 is 11.9. The van der Waals surface area contributed by atoms with Gasteiger partial charge >= 0.3 is 0 Å². The van der Waals surface area contributed by atoms with Crippen molar-refractivity contribution < 1.29 is 0 Å². The highest BCUT2D eigenvalue weighted by Crippen LogP contribution is 2.26. The van der Waals surface area contributed by atoms with Gasteiger partial charge in [-0.2, -0.15) is 0 Å². The molecule has 80 valence electrons. The molecule has 3 heteroatoms. The van der Waals surface area contributed by atoms with Crippen molar-refractivity contribution in [2.24, 2.45) is 0 Å². The van der Waals surface area contributed by atoms with Gasteiger partial charge in [-0.25, -0.2) is 0 Å². The molecule has 1 nitrogen and oxygen atoms in total. The third-order valence-corrected chi connectivity index (χ3v) is 2.68. The highest BCUT2D eigenvalue weighted by molar-refractivity contribution is 6.36. The van der Waals surface area contributed by atoms with E-state index in [2.05, 4.69) is 4.98 Å². The van der Waals surface area contributed by atoms with Crippen LogP contribution in [-0.2, 0) is 0 Å². The van der Waals surface area contributed by atoms with Gasteiger partial charge in [-0.3, -0.25) is 4.98 Å². The quantitative estimate of drug-likeness (QED) is 0.641. The van der Waals surface area contributed by atoms with Crippen LogP contribution in [0.15, 0.2) is 24.4 Å². The highest BCUT2D eigenvalue weighted by Gasteiger charge is 2.03. The van der Waals surface area contributed by atoms with Crippen LogP contribution in [-0.4, -0.2) is 4.98 Å². The normalized spacial score (nSPS) is 9.67. The van der Waals surface area contributed by atoms with Crippen LogP contribution in [0, 0.1) is 6.92 Å². The third kappa shape index (κ3) is 2.61. The van der Waals surface area contributed by atoms with Crippen LogP contribution in [0.2, 0.25) is 10.0 Å². The van der Waals surface area contributed by atoms with E-state index >= 15 is 0 Å². The van der Waals surface area contributed by atoms with Crippen molar-refractivity contribution in [1.82, 2.24) is 4.98 Å². The Bertz CT molecular complexity index is 466. The molecule has 0 fully saturated rings. The van der Waals surface area contributed by atoms with Crippen molar-refractivity contribution >= 4 is 34.1 Å². The number of hydrogen-bond donors (Lipinski definition) is 0. The molecular weight excluding hydrogens is 229 g/mol. The molecule has 0 unspecified atom stereocenters. The van der Waals surface area contributed by atoms with E-state index in [1.165, 1.54) is 0 Å². The Morgan fingerprint density at radius 1 is 1.13 bits per heavy atom. The lowest BCUT2D eigenvalue weighted by Crippen LogP contribution is -1.83. The molecule has 2 aromatic rings. The number of pyridine rings is 1. The smallest absolute Gasteiger partial charge is 0.0731 e. The summed E-state index contributed by atoms with van der Waals surface area (Å²) in [6, 6.07) is 5.51. The molecule has 2 rings (SSSR count). The molecule has 0 aliphatic rings. The van der Waals surface area contributed by atoms with Gasteiger partial charge in [0.05, 0.1) is 10.5 Å². The molecular formula is C12H13Cl2N. The van der Waals surface area contributed by atoms with Gasteiger partial charge in [0.15, 0.2) is 0 Å². The largest absolute Gasteiger partial charge is 0.256 e. The summed E-state index contributed by atoms with van der Waals surface area (Å²) in [6.07, 6.45) is 1.75. The van der Waals surface area contributed by atoms with E-state index in [0.717, 1.165) is 21.5 Å². The molecule has 0 aliphatic heterocycles. The number of hydrogen-bond acceptors (Lipinski definition) is 1. The second-order valence-corrected chi connectivity index (χ2v) is 3.73. The minimum atomic E-state index is 0.680. The molecule has 0 aliphatic carbocycles. The molecule has 1 heterocycles. The monoisotopic (exact) mass is 241 g/mol. The van der Waals surface area contributed by atoms with E-state index in [4.69, 9.17) is 23.2 Å². The van der Waals surface area contributed by atoms with Crippen LogP contribution < -0.4 is 0 Å². The van der Waals surface area contributed by atoms with Gasteiger partial charge in [-0.15, -0.1) is 0 Å². The predicted molar refractivity (Wildman–Crippen MR) is 67.8 cm³/mol. The zero-order valence-electron chi connectivity index (χ0n) is 9.01. The Morgan fingerprint density at radius 2 is 1.80 bits per heavy atom. The zero-order chi connectivity index (χ0) is 11.4. The van der Waals surface area contributed by atoms with E-state index in [-0.39, 0.29) is 0 Å². The maximum Gasteiger partial charge on any atom is 0.0731 e. The minimum absolute atomic E-state index is 0.680. The number of aromatic nitrogens is 1. The summed E-state index contributed by atoms with van der Waals surface area (Å²) in [4.78, 5) is 4.23. The SMILES string of the molecule is CC.Cc1cnc2cc(Cl)ccc2c1Cl. The van der Waals surface area contributed by atoms with Crippen LogP contribution in [0.5, 0.6) is 0 Å².